The summed E-state index contributed by atoms with van der Waals surface area (Å²) in [4.78, 5) is 26.5. The summed E-state index contributed by atoms with van der Waals surface area (Å²) >= 11 is 0. The number of carbonyl (C=O) groups excluding carboxylic acids is 2. The molecule has 0 unspecified atom stereocenters. The van der Waals surface area contributed by atoms with E-state index in [0.717, 1.165) is 12.8 Å². The molecule has 2 aliphatic rings. The topological polar surface area (TPSA) is 85.8 Å². The lowest BCUT2D eigenvalue weighted by molar-refractivity contribution is -0.149. The fourth-order valence-corrected chi connectivity index (χ4v) is 3.53. The van der Waals surface area contributed by atoms with Gasteiger partial charge in [-0.15, -0.1) is 0 Å². The number of likely N-dealkylation sites (tertiary alicyclic amines) is 1. The number of furan rings is 1. The Bertz CT molecular complexity index is 767. The number of amides is 1. The third kappa shape index (κ3) is 2.73. The summed E-state index contributed by atoms with van der Waals surface area (Å²) < 4.78 is 15.5. The number of methoxy groups -OCH3 is 1. The van der Waals surface area contributed by atoms with Crippen molar-refractivity contribution >= 4 is 11.9 Å². The standard InChI is InChI=1S/C18H20N2O5/c1-23-16(21)12-4-8-20(9-5-12)17(22)18(6-7-18)15-11-14(25-19-15)13-3-2-10-24-13/h2-3,10-12H,4-9H2,1H3. The monoisotopic (exact) mass is 344 g/mol. The molecule has 4 rings (SSSR count). The first-order valence-electron chi connectivity index (χ1n) is 8.52. The van der Waals surface area contributed by atoms with E-state index in [9.17, 15) is 9.59 Å². The zero-order valence-electron chi connectivity index (χ0n) is 14.1. The molecule has 1 aliphatic heterocycles. The lowest BCUT2D eigenvalue weighted by atomic mass is 9.94. The summed E-state index contributed by atoms with van der Waals surface area (Å²) in [6.45, 7) is 1.15. The summed E-state index contributed by atoms with van der Waals surface area (Å²) in [5, 5.41) is 4.12. The molecule has 2 fully saturated rings. The Morgan fingerprint density at radius 2 is 2.04 bits per heavy atom. The first-order valence-corrected chi connectivity index (χ1v) is 8.52. The van der Waals surface area contributed by atoms with Gasteiger partial charge in [0.15, 0.2) is 5.76 Å². The molecule has 0 N–H and O–H groups in total. The van der Waals surface area contributed by atoms with Crippen molar-refractivity contribution in [1.29, 1.82) is 0 Å². The van der Waals surface area contributed by atoms with Crippen molar-refractivity contribution in [3.05, 3.63) is 30.2 Å². The lowest BCUT2D eigenvalue weighted by Crippen LogP contribution is -2.45. The van der Waals surface area contributed by atoms with Crippen molar-refractivity contribution in [2.24, 2.45) is 5.92 Å². The number of esters is 1. The number of rotatable bonds is 4. The number of carbonyl (C=O) groups is 2. The lowest BCUT2D eigenvalue weighted by Gasteiger charge is -2.32. The Morgan fingerprint density at radius 3 is 2.64 bits per heavy atom. The van der Waals surface area contributed by atoms with Crippen LogP contribution in [0.3, 0.4) is 0 Å². The van der Waals surface area contributed by atoms with E-state index >= 15 is 0 Å². The van der Waals surface area contributed by atoms with Gasteiger partial charge in [-0.2, -0.15) is 0 Å². The molecule has 0 spiro atoms. The zero-order chi connectivity index (χ0) is 17.4. The van der Waals surface area contributed by atoms with Crippen LogP contribution in [0.1, 0.15) is 31.4 Å². The van der Waals surface area contributed by atoms with Gasteiger partial charge in [0.2, 0.25) is 11.7 Å². The molecular formula is C18H20N2O5. The maximum absolute atomic E-state index is 13.0. The zero-order valence-corrected chi connectivity index (χ0v) is 14.1. The molecule has 3 heterocycles. The second-order valence-corrected chi connectivity index (χ2v) is 6.73. The predicted molar refractivity (Wildman–Crippen MR) is 86.4 cm³/mol. The molecule has 1 aliphatic carbocycles. The normalized spacial score (nSPS) is 19.6. The summed E-state index contributed by atoms with van der Waals surface area (Å²) in [5.41, 5.74) is 0.0888. The van der Waals surface area contributed by atoms with Crippen molar-refractivity contribution in [3.8, 4) is 11.5 Å². The fraction of sp³-hybridized carbons (Fsp3) is 0.500. The number of aromatic nitrogens is 1. The van der Waals surface area contributed by atoms with Crippen LogP contribution in [0.25, 0.3) is 11.5 Å². The molecule has 0 bridgehead atoms. The number of hydrogen-bond acceptors (Lipinski definition) is 6. The van der Waals surface area contributed by atoms with Gasteiger partial charge in [0.25, 0.3) is 0 Å². The minimum absolute atomic E-state index is 0.0788. The maximum atomic E-state index is 13.0. The van der Waals surface area contributed by atoms with Gasteiger partial charge in [-0.3, -0.25) is 9.59 Å². The van der Waals surface area contributed by atoms with Crippen LogP contribution in [0, 0.1) is 5.92 Å². The Balaban J connectivity index is 1.46. The van der Waals surface area contributed by atoms with Crippen LogP contribution < -0.4 is 0 Å². The van der Waals surface area contributed by atoms with Crippen LogP contribution in [0.4, 0.5) is 0 Å². The van der Waals surface area contributed by atoms with Gasteiger partial charge in [-0.05, 0) is 37.8 Å². The van der Waals surface area contributed by atoms with Crippen LogP contribution in [-0.4, -0.2) is 42.1 Å². The number of hydrogen-bond donors (Lipinski definition) is 0. The van der Waals surface area contributed by atoms with E-state index in [1.165, 1.54) is 7.11 Å². The van der Waals surface area contributed by atoms with Crippen LogP contribution >= 0.6 is 0 Å². The molecule has 2 aromatic rings. The minimum Gasteiger partial charge on any atom is -0.469 e. The average molecular weight is 344 g/mol. The van der Waals surface area contributed by atoms with Gasteiger partial charge in [0, 0.05) is 19.2 Å². The van der Waals surface area contributed by atoms with Crippen molar-refractivity contribution in [2.45, 2.75) is 31.1 Å². The summed E-state index contributed by atoms with van der Waals surface area (Å²) in [7, 11) is 1.40. The molecule has 2 aromatic heterocycles. The summed E-state index contributed by atoms with van der Waals surface area (Å²) in [6.07, 6.45) is 4.40. The van der Waals surface area contributed by atoms with Crippen LogP contribution in [0.15, 0.2) is 33.4 Å². The highest BCUT2D eigenvalue weighted by Gasteiger charge is 2.55. The van der Waals surface area contributed by atoms with Crippen LogP contribution in [0.2, 0.25) is 0 Å². The second kappa shape index (κ2) is 6.06. The van der Waals surface area contributed by atoms with Crippen LogP contribution in [0.5, 0.6) is 0 Å². The number of piperidine rings is 1. The molecule has 0 atom stereocenters. The molecular weight excluding hydrogens is 324 g/mol. The number of ether oxygens (including phenoxy) is 1. The van der Waals surface area contributed by atoms with Crippen molar-refractivity contribution in [3.63, 3.8) is 0 Å². The molecule has 7 nitrogen and oxygen atoms in total. The third-order valence-corrected chi connectivity index (χ3v) is 5.24. The minimum atomic E-state index is -0.577. The molecule has 1 saturated heterocycles. The maximum Gasteiger partial charge on any atom is 0.308 e. The summed E-state index contributed by atoms with van der Waals surface area (Å²) in [5.74, 6) is 0.911. The number of nitrogens with zero attached hydrogens (tertiary/aromatic N) is 2. The summed E-state index contributed by atoms with van der Waals surface area (Å²) in [6, 6.07) is 5.37. The van der Waals surface area contributed by atoms with E-state index in [4.69, 9.17) is 13.7 Å². The van der Waals surface area contributed by atoms with Crippen molar-refractivity contribution < 1.29 is 23.3 Å². The van der Waals surface area contributed by atoms with E-state index in [1.54, 1.807) is 24.5 Å². The van der Waals surface area contributed by atoms with Gasteiger partial charge >= 0.3 is 5.97 Å². The van der Waals surface area contributed by atoms with Gasteiger partial charge in [0.05, 0.1) is 30.4 Å². The van der Waals surface area contributed by atoms with Gasteiger partial charge < -0.3 is 18.6 Å². The van der Waals surface area contributed by atoms with E-state index in [0.29, 0.717) is 43.1 Å². The Morgan fingerprint density at radius 1 is 1.28 bits per heavy atom. The van der Waals surface area contributed by atoms with Crippen LogP contribution in [-0.2, 0) is 19.7 Å². The van der Waals surface area contributed by atoms with E-state index in [-0.39, 0.29) is 17.8 Å². The Labute approximate surface area is 144 Å². The molecule has 0 aromatic carbocycles. The van der Waals surface area contributed by atoms with E-state index in [2.05, 4.69) is 5.16 Å². The van der Waals surface area contributed by atoms with Gasteiger partial charge in [0.1, 0.15) is 0 Å². The Hall–Kier alpha value is -2.57. The SMILES string of the molecule is COC(=O)C1CCN(C(=O)C2(c3cc(-c4ccco4)on3)CC2)CC1. The fourth-order valence-electron chi connectivity index (χ4n) is 3.53. The van der Waals surface area contributed by atoms with Gasteiger partial charge in [-0.1, -0.05) is 5.16 Å². The first kappa shape index (κ1) is 15.9. The highest BCUT2D eigenvalue weighted by Crippen LogP contribution is 2.50. The van der Waals surface area contributed by atoms with E-state index in [1.807, 2.05) is 4.90 Å². The third-order valence-electron chi connectivity index (χ3n) is 5.24. The molecule has 1 amide bonds. The van der Waals surface area contributed by atoms with E-state index < -0.39 is 5.41 Å². The largest absolute Gasteiger partial charge is 0.469 e. The quantitative estimate of drug-likeness (QED) is 0.792. The Kier molecular flexibility index (Phi) is 3.86. The average Bonchev–Trinajstić information content (AvgIpc) is 3.06. The molecule has 132 valence electrons. The van der Waals surface area contributed by atoms with Gasteiger partial charge in [-0.25, -0.2) is 0 Å². The van der Waals surface area contributed by atoms with Crippen molar-refractivity contribution in [1.82, 2.24) is 10.1 Å². The molecule has 1 saturated carbocycles. The predicted octanol–water partition coefficient (Wildman–Crippen LogP) is 2.38. The second-order valence-electron chi connectivity index (χ2n) is 6.73. The first-order chi connectivity index (χ1) is 12.1. The molecule has 7 heteroatoms. The highest BCUT2D eigenvalue weighted by molar-refractivity contribution is 5.91. The highest BCUT2D eigenvalue weighted by atomic mass is 16.5. The molecule has 25 heavy (non-hydrogen) atoms. The molecule has 0 radical (unpaired) electrons. The smallest absolute Gasteiger partial charge is 0.308 e. The van der Waals surface area contributed by atoms with Crippen molar-refractivity contribution in [2.75, 3.05) is 20.2 Å².